The van der Waals surface area contributed by atoms with Crippen LogP contribution in [0, 0.1) is 13.8 Å². The highest BCUT2D eigenvalue weighted by atomic mass is 16.2. The highest BCUT2D eigenvalue weighted by molar-refractivity contribution is 5.89. The van der Waals surface area contributed by atoms with Crippen molar-refractivity contribution in [2.24, 2.45) is 7.05 Å². The highest BCUT2D eigenvalue weighted by Gasteiger charge is 2.22. The van der Waals surface area contributed by atoms with E-state index in [1.807, 2.05) is 38.7 Å². The van der Waals surface area contributed by atoms with Gasteiger partial charge in [0.1, 0.15) is 0 Å². The Kier molecular flexibility index (Phi) is 3.02. The monoisotopic (exact) mass is 234 g/mol. The third-order valence-corrected chi connectivity index (χ3v) is 3.22. The zero-order chi connectivity index (χ0) is 12.6. The molecule has 1 aliphatic heterocycles. The van der Waals surface area contributed by atoms with Crippen molar-refractivity contribution in [3.63, 3.8) is 0 Å². The third-order valence-electron chi connectivity index (χ3n) is 3.22. The van der Waals surface area contributed by atoms with Gasteiger partial charge in [0.15, 0.2) is 0 Å². The van der Waals surface area contributed by atoms with Gasteiger partial charge in [-0.1, -0.05) is 0 Å². The summed E-state index contributed by atoms with van der Waals surface area (Å²) in [5, 5.41) is 7.47. The first-order valence-corrected chi connectivity index (χ1v) is 5.70. The van der Waals surface area contributed by atoms with E-state index in [0.29, 0.717) is 13.1 Å². The zero-order valence-corrected chi connectivity index (χ0v) is 10.7. The molecule has 0 atom stereocenters. The topological polar surface area (TPSA) is 50.2 Å². The molecule has 1 aromatic heterocycles. The van der Waals surface area contributed by atoms with E-state index in [1.165, 1.54) is 0 Å². The van der Waals surface area contributed by atoms with Crippen molar-refractivity contribution < 1.29 is 4.79 Å². The Hall–Kier alpha value is -1.62. The SMILES string of the molecule is Cc1nn(C)c(C)c1C1=CCNCC(=O)N1C. The number of carbonyl (C=O) groups excluding carboxylic acids is 1. The molecule has 0 unspecified atom stereocenters. The van der Waals surface area contributed by atoms with Gasteiger partial charge in [-0.15, -0.1) is 0 Å². The Labute approximate surface area is 101 Å². The second-order valence-corrected chi connectivity index (χ2v) is 4.34. The number of hydrogen-bond acceptors (Lipinski definition) is 3. The minimum atomic E-state index is 0.0800. The summed E-state index contributed by atoms with van der Waals surface area (Å²) in [5.74, 6) is 0.0800. The maximum atomic E-state index is 11.8. The minimum absolute atomic E-state index is 0.0800. The van der Waals surface area contributed by atoms with E-state index < -0.39 is 0 Å². The van der Waals surface area contributed by atoms with Crippen LogP contribution in [0.1, 0.15) is 17.0 Å². The fraction of sp³-hybridized carbons (Fsp3) is 0.500. The number of amides is 1. The first-order valence-electron chi connectivity index (χ1n) is 5.70. The van der Waals surface area contributed by atoms with Crippen LogP contribution in [0.15, 0.2) is 6.08 Å². The van der Waals surface area contributed by atoms with Gasteiger partial charge in [-0.05, 0) is 19.9 Å². The first kappa shape index (κ1) is 11.9. The van der Waals surface area contributed by atoms with Crippen LogP contribution in [-0.4, -0.2) is 40.7 Å². The Morgan fingerprint density at radius 1 is 1.35 bits per heavy atom. The van der Waals surface area contributed by atoms with Crippen molar-refractivity contribution >= 4 is 11.6 Å². The summed E-state index contributed by atoms with van der Waals surface area (Å²) in [6.07, 6.45) is 2.04. The molecule has 1 N–H and O–H groups in total. The van der Waals surface area contributed by atoms with E-state index in [1.54, 1.807) is 4.90 Å². The Morgan fingerprint density at radius 2 is 2.06 bits per heavy atom. The number of hydrogen-bond donors (Lipinski definition) is 1. The van der Waals surface area contributed by atoms with Crippen molar-refractivity contribution in [3.8, 4) is 0 Å². The quantitative estimate of drug-likeness (QED) is 0.767. The van der Waals surface area contributed by atoms with Crippen LogP contribution in [0.3, 0.4) is 0 Å². The minimum Gasteiger partial charge on any atom is -0.314 e. The average molecular weight is 234 g/mol. The van der Waals surface area contributed by atoms with Gasteiger partial charge in [0.05, 0.1) is 17.9 Å². The highest BCUT2D eigenvalue weighted by Crippen LogP contribution is 2.25. The molecule has 0 spiro atoms. The van der Waals surface area contributed by atoms with Crippen LogP contribution in [0.4, 0.5) is 0 Å². The van der Waals surface area contributed by atoms with Crippen molar-refractivity contribution in [3.05, 3.63) is 23.0 Å². The summed E-state index contributed by atoms with van der Waals surface area (Å²) in [6, 6.07) is 0. The molecule has 5 nitrogen and oxygen atoms in total. The number of aryl methyl sites for hydroxylation is 2. The molecule has 5 heteroatoms. The summed E-state index contributed by atoms with van der Waals surface area (Å²) >= 11 is 0. The summed E-state index contributed by atoms with van der Waals surface area (Å²) in [6.45, 7) is 5.08. The third kappa shape index (κ3) is 1.98. The molecular weight excluding hydrogens is 216 g/mol. The van der Waals surface area contributed by atoms with E-state index in [4.69, 9.17) is 0 Å². The first-order chi connectivity index (χ1) is 8.02. The van der Waals surface area contributed by atoms with E-state index >= 15 is 0 Å². The molecule has 0 aliphatic carbocycles. The predicted octanol–water partition coefficient (Wildman–Crippen LogP) is 0.439. The van der Waals surface area contributed by atoms with Crippen LogP contribution in [0.2, 0.25) is 0 Å². The lowest BCUT2D eigenvalue weighted by Crippen LogP contribution is -2.31. The zero-order valence-electron chi connectivity index (χ0n) is 10.7. The van der Waals surface area contributed by atoms with Gasteiger partial charge in [-0.3, -0.25) is 9.48 Å². The van der Waals surface area contributed by atoms with E-state index in [2.05, 4.69) is 10.4 Å². The van der Waals surface area contributed by atoms with E-state index in [0.717, 1.165) is 22.6 Å². The molecule has 2 heterocycles. The lowest BCUT2D eigenvalue weighted by molar-refractivity contribution is -0.125. The molecule has 0 bridgehead atoms. The smallest absolute Gasteiger partial charge is 0.240 e. The molecule has 0 fully saturated rings. The second-order valence-electron chi connectivity index (χ2n) is 4.34. The van der Waals surface area contributed by atoms with Crippen molar-refractivity contribution in [1.82, 2.24) is 20.0 Å². The number of nitrogens with one attached hydrogen (secondary N) is 1. The van der Waals surface area contributed by atoms with Crippen LogP contribution in [-0.2, 0) is 11.8 Å². The maximum absolute atomic E-state index is 11.8. The van der Waals surface area contributed by atoms with E-state index in [9.17, 15) is 4.79 Å². The normalized spacial score (nSPS) is 17.1. The van der Waals surface area contributed by atoms with Gasteiger partial charge < -0.3 is 10.2 Å². The molecule has 2 rings (SSSR count). The Balaban J connectivity index is 2.50. The fourth-order valence-corrected chi connectivity index (χ4v) is 2.15. The molecule has 0 radical (unpaired) electrons. The van der Waals surface area contributed by atoms with Gasteiger partial charge in [0, 0.05) is 31.9 Å². The standard InChI is InChI=1S/C12H18N4O/c1-8-12(9(2)16(4)14-8)10-5-6-13-7-11(17)15(10)3/h5,13H,6-7H2,1-4H3. The number of nitrogens with zero attached hydrogens (tertiary/aromatic N) is 3. The van der Waals surface area contributed by atoms with Crippen LogP contribution in [0.25, 0.3) is 5.70 Å². The molecule has 17 heavy (non-hydrogen) atoms. The van der Waals surface area contributed by atoms with Gasteiger partial charge in [-0.2, -0.15) is 5.10 Å². The van der Waals surface area contributed by atoms with E-state index in [-0.39, 0.29) is 5.91 Å². The fourth-order valence-electron chi connectivity index (χ4n) is 2.15. The Morgan fingerprint density at radius 3 is 2.65 bits per heavy atom. The van der Waals surface area contributed by atoms with Crippen LogP contribution >= 0.6 is 0 Å². The summed E-state index contributed by atoms with van der Waals surface area (Å²) in [5.41, 5.74) is 4.04. The van der Waals surface area contributed by atoms with Crippen molar-refractivity contribution in [1.29, 1.82) is 0 Å². The van der Waals surface area contributed by atoms with Gasteiger partial charge >= 0.3 is 0 Å². The van der Waals surface area contributed by atoms with Gasteiger partial charge in [0.2, 0.25) is 5.91 Å². The number of carbonyl (C=O) groups is 1. The second kappa shape index (κ2) is 4.33. The molecule has 1 amide bonds. The molecule has 92 valence electrons. The summed E-state index contributed by atoms with van der Waals surface area (Å²) in [7, 11) is 3.73. The lowest BCUT2D eigenvalue weighted by Gasteiger charge is -2.19. The lowest BCUT2D eigenvalue weighted by atomic mass is 10.1. The number of aromatic nitrogens is 2. The molecular formula is C12H18N4O. The van der Waals surface area contributed by atoms with Crippen molar-refractivity contribution in [2.75, 3.05) is 20.1 Å². The largest absolute Gasteiger partial charge is 0.314 e. The molecule has 1 aliphatic rings. The molecule has 0 aromatic carbocycles. The average Bonchev–Trinajstić information content (AvgIpc) is 2.44. The van der Waals surface area contributed by atoms with Gasteiger partial charge in [-0.25, -0.2) is 0 Å². The predicted molar refractivity (Wildman–Crippen MR) is 66.3 cm³/mol. The molecule has 1 aromatic rings. The molecule has 0 saturated heterocycles. The van der Waals surface area contributed by atoms with Crippen LogP contribution in [0.5, 0.6) is 0 Å². The summed E-state index contributed by atoms with van der Waals surface area (Å²) < 4.78 is 1.85. The number of rotatable bonds is 1. The Bertz CT molecular complexity index is 487. The maximum Gasteiger partial charge on any atom is 0.240 e. The van der Waals surface area contributed by atoms with Crippen LogP contribution < -0.4 is 5.32 Å². The number of likely N-dealkylation sites (N-methyl/N-ethyl adjacent to an activating group) is 1. The van der Waals surface area contributed by atoms with Gasteiger partial charge in [0.25, 0.3) is 0 Å². The molecule has 0 saturated carbocycles. The van der Waals surface area contributed by atoms with Crippen molar-refractivity contribution in [2.45, 2.75) is 13.8 Å². The summed E-state index contributed by atoms with van der Waals surface area (Å²) in [4.78, 5) is 13.5.